The summed E-state index contributed by atoms with van der Waals surface area (Å²) in [6.45, 7) is 6.52. The summed E-state index contributed by atoms with van der Waals surface area (Å²) in [5, 5.41) is 0. The Kier molecular flexibility index (Phi) is 47.3. The van der Waals surface area contributed by atoms with E-state index in [0.717, 1.165) is 103 Å². The summed E-state index contributed by atoms with van der Waals surface area (Å²) < 4.78 is 16.8. The van der Waals surface area contributed by atoms with Gasteiger partial charge in [-0.1, -0.05) is 224 Å². The standard InChI is InChI=1S/C54H98O6/c1-4-7-10-13-16-19-22-24-25-26-27-28-29-31-32-35-38-41-44-47-53(56)59-50-51(49-58-52(55)46-43-40-37-34-21-18-15-12-9-6-3)60-54(57)48-45-42-39-36-33-30-23-20-17-14-11-8-5-2/h11-12,14-15,20,23,51H,4-10,13,16-19,21-22,24-50H2,1-3H3/b14-11-,15-12-,23-20-. The minimum absolute atomic E-state index is 0.0778. The molecule has 0 saturated carbocycles. The van der Waals surface area contributed by atoms with Crippen molar-refractivity contribution in [2.45, 2.75) is 277 Å². The lowest BCUT2D eigenvalue weighted by atomic mass is 10.0. The molecular formula is C54H98O6. The second kappa shape index (κ2) is 49.3. The molecule has 0 heterocycles. The first-order valence-electron chi connectivity index (χ1n) is 26.0. The SMILES string of the molecule is CCC/C=C\C/C=C\CCCCCCCC(=O)OC(COC(=O)CCCCCCC/C=C\CCC)COC(=O)CCCCCCCCCCCCCCCCCCCCC. The number of allylic oxidation sites excluding steroid dienone is 6. The van der Waals surface area contributed by atoms with Crippen LogP contribution in [0.2, 0.25) is 0 Å². The smallest absolute Gasteiger partial charge is 0.306 e. The quantitative estimate of drug-likeness (QED) is 0.0263. The van der Waals surface area contributed by atoms with Gasteiger partial charge in [0.2, 0.25) is 0 Å². The zero-order valence-corrected chi connectivity index (χ0v) is 40.0. The first kappa shape index (κ1) is 57.6. The average molecular weight is 843 g/mol. The van der Waals surface area contributed by atoms with Crippen molar-refractivity contribution in [1.29, 1.82) is 0 Å². The number of unbranched alkanes of at least 4 members (excludes halogenated alkanes) is 30. The molecule has 0 aromatic carbocycles. The lowest BCUT2D eigenvalue weighted by molar-refractivity contribution is -0.167. The number of rotatable bonds is 47. The summed E-state index contributed by atoms with van der Waals surface area (Å²) >= 11 is 0. The lowest BCUT2D eigenvalue weighted by Crippen LogP contribution is -2.30. The van der Waals surface area contributed by atoms with Gasteiger partial charge in [-0.05, 0) is 64.2 Å². The molecule has 1 atom stereocenters. The Balaban J connectivity index is 4.28. The van der Waals surface area contributed by atoms with Crippen molar-refractivity contribution in [3.63, 3.8) is 0 Å². The summed E-state index contributed by atoms with van der Waals surface area (Å²) in [6, 6.07) is 0. The molecular weight excluding hydrogens is 745 g/mol. The summed E-state index contributed by atoms with van der Waals surface area (Å²) in [5.74, 6) is -0.894. The predicted molar refractivity (Wildman–Crippen MR) is 256 cm³/mol. The molecule has 0 amide bonds. The molecule has 0 fully saturated rings. The van der Waals surface area contributed by atoms with Gasteiger partial charge in [-0.25, -0.2) is 0 Å². The fraction of sp³-hybridized carbons (Fsp3) is 0.833. The van der Waals surface area contributed by atoms with Crippen molar-refractivity contribution in [3.05, 3.63) is 36.5 Å². The van der Waals surface area contributed by atoms with Crippen molar-refractivity contribution < 1.29 is 28.6 Å². The van der Waals surface area contributed by atoms with E-state index in [0.29, 0.717) is 19.3 Å². The van der Waals surface area contributed by atoms with Gasteiger partial charge in [0.15, 0.2) is 6.10 Å². The molecule has 0 aliphatic carbocycles. The van der Waals surface area contributed by atoms with Crippen LogP contribution in [0.5, 0.6) is 0 Å². The Morgan fingerprint density at radius 3 is 1.02 bits per heavy atom. The van der Waals surface area contributed by atoms with Crippen LogP contribution in [0.4, 0.5) is 0 Å². The summed E-state index contributed by atoms with van der Waals surface area (Å²) in [4.78, 5) is 37.9. The molecule has 0 N–H and O–H groups in total. The number of carbonyl (C=O) groups is 3. The van der Waals surface area contributed by atoms with Gasteiger partial charge in [-0.15, -0.1) is 0 Å². The van der Waals surface area contributed by atoms with Crippen molar-refractivity contribution in [1.82, 2.24) is 0 Å². The maximum Gasteiger partial charge on any atom is 0.306 e. The number of esters is 3. The van der Waals surface area contributed by atoms with E-state index in [-0.39, 0.29) is 31.1 Å². The van der Waals surface area contributed by atoms with Crippen LogP contribution in [0.3, 0.4) is 0 Å². The highest BCUT2D eigenvalue weighted by molar-refractivity contribution is 5.71. The van der Waals surface area contributed by atoms with E-state index in [1.165, 1.54) is 128 Å². The molecule has 0 aromatic heterocycles. The maximum absolute atomic E-state index is 12.8. The normalized spacial score (nSPS) is 12.2. The Morgan fingerprint density at radius 2 is 0.633 bits per heavy atom. The molecule has 0 saturated heterocycles. The van der Waals surface area contributed by atoms with Crippen LogP contribution in [0, 0.1) is 0 Å². The van der Waals surface area contributed by atoms with E-state index < -0.39 is 6.10 Å². The summed E-state index contributed by atoms with van der Waals surface area (Å²) in [6.07, 6.45) is 57.1. The largest absolute Gasteiger partial charge is 0.462 e. The number of hydrogen-bond donors (Lipinski definition) is 0. The zero-order chi connectivity index (χ0) is 43.7. The van der Waals surface area contributed by atoms with Crippen molar-refractivity contribution in [3.8, 4) is 0 Å². The second-order valence-electron chi connectivity index (χ2n) is 17.4. The lowest BCUT2D eigenvalue weighted by Gasteiger charge is -2.18. The van der Waals surface area contributed by atoms with Crippen LogP contribution in [0.1, 0.15) is 271 Å². The molecule has 6 nitrogen and oxygen atoms in total. The third-order valence-electron chi connectivity index (χ3n) is 11.3. The maximum atomic E-state index is 12.8. The molecule has 0 aromatic rings. The van der Waals surface area contributed by atoms with Crippen LogP contribution >= 0.6 is 0 Å². The van der Waals surface area contributed by atoms with Gasteiger partial charge < -0.3 is 14.2 Å². The monoisotopic (exact) mass is 843 g/mol. The summed E-state index contributed by atoms with van der Waals surface area (Å²) in [5.41, 5.74) is 0. The molecule has 0 rings (SSSR count). The van der Waals surface area contributed by atoms with Crippen molar-refractivity contribution in [2.24, 2.45) is 0 Å². The molecule has 0 radical (unpaired) electrons. The second-order valence-corrected chi connectivity index (χ2v) is 17.4. The Labute approximate surface area is 372 Å². The molecule has 0 aliphatic rings. The van der Waals surface area contributed by atoms with Gasteiger partial charge >= 0.3 is 17.9 Å². The first-order chi connectivity index (χ1) is 29.5. The minimum Gasteiger partial charge on any atom is -0.462 e. The van der Waals surface area contributed by atoms with Crippen LogP contribution in [-0.2, 0) is 28.6 Å². The molecule has 350 valence electrons. The van der Waals surface area contributed by atoms with Crippen LogP contribution < -0.4 is 0 Å². The van der Waals surface area contributed by atoms with E-state index in [1.54, 1.807) is 0 Å². The Bertz CT molecular complexity index is 1020. The van der Waals surface area contributed by atoms with Gasteiger partial charge in [0.05, 0.1) is 0 Å². The van der Waals surface area contributed by atoms with Crippen molar-refractivity contribution in [2.75, 3.05) is 13.2 Å². The fourth-order valence-corrected chi connectivity index (χ4v) is 7.42. The van der Waals surface area contributed by atoms with Gasteiger partial charge in [0, 0.05) is 19.3 Å². The van der Waals surface area contributed by atoms with Crippen LogP contribution in [0.15, 0.2) is 36.5 Å². The van der Waals surface area contributed by atoms with Crippen LogP contribution in [-0.4, -0.2) is 37.2 Å². The number of carbonyl (C=O) groups excluding carboxylic acids is 3. The van der Waals surface area contributed by atoms with Crippen molar-refractivity contribution >= 4 is 17.9 Å². The van der Waals surface area contributed by atoms with Gasteiger partial charge in [0.1, 0.15) is 13.2 Å². The number of hydrogen-bond acceptors (Lipinski definition) is 6. The predicted octanol–water partition coefficient (Wildman–Crippen LogP) is 16.9. The third kappa shape index (κ3) is 46.7. The Hall–Kier alpha value is -2.37. The highest BCUT2D eigenvalue weighted by Crippen LogP contribution is 2.16. The molecule has 60 heavy (non-hydrogen) atoms. The van der Waals surface area contributed by atoms with Gasteiger partial charge in [0.25, 0.3) is 0 Å². The molecule has 0 bridgehead atoms. The Morgan fingerprint density at radius 1 is 0.333 bits per heavy atom. The van der Waals surface area contributed by atoms with Crippen LogP contribution in [0.25, 0.3) is 0 Å². The third-order valence-corrected chi connectivity index (χ3v) is 11.3. The fourth-order valence-electron chi connectivity index (χ4n) is 7.42. The molecule has 0 spiro atoms. The minimum atomic E-state index is -0.778. The topological polar surface area (TPSA) is 78.9 Å². The molecule has 6 heteroatoms. The van der Waals surface area contributed by atoms with E-state index in [1.807, 2.05) is 0 Å². The zero-order valence-electron chi connectivity index (χ0n) is 40.0. The molecule has 1 unspecified atom stereocenters. The average Bonchev–Trinajstić information content (AvgIpc) is 3.24. The van der Waals surface area contributed by atoms with Gasteiger partial charge in [-0.2, -0.15) is 0 Å². The molecule has 0 aliphatic heterocycles. The highest BCUT2D eigenvalue weighted by atomic mass is 16.6. The first-order valence-corrected chi connectivity index (χ1v) is 26.0. The summed E-state index contributed by atoms with van der Waals surface area (Å²) in [7, 11) is 0. The van der Waals surface area contributed by atoms with E-state index in [2.05, 4.69) is 57.2 Å². The van der Waals surface area contributed by atoms with E-state index in [4.69, 9.17) is 14.2 Å². The van der Waals surface area contributed by atoms with E-state index in [9.17, 15) is 14.4 Å². The highest BCUT2D eigenvalue weighted by Gasteiger charge is 2.19. The van der Waals surface area contributed by atoms with Gasteiger partial charge in [-0.3, -0.25) is 14.4 Å². The number of ether oxygens (including phenoxy) is 3. The van der Waals surface area contributed by atoms with E-state index >= 15 is 0 Å².